The number of para-hydroxylation sites is 2. The lowest BCUT2D eigenvalue weighted by Gasteiger charge is -2.31. The Kier molecular flexibility index (Phi) is 7.52. The molecule has 34 heavy (non-hydrogen) atoms. The van der Waals surface area contributed by atoms with Crippen molar-refractivity contribution in [2.75, 3.05) is 29.1 Å². The van der Waals surface area contributed by atoms with Gasteiger partial charge in [-0.15, -0.1) is 0 Å². The molecule has 0 bridgehead atoms. The Morgan fingerprint density at radius 3 is 2.62 bits per heavy atom. The molecule has 2 aromatic carbocycles. The van der Waals surface area contributed by atoms with Crippen LogP contribution in [-0.2, 0) is 20.6 Å². The molecule has 0 spiro atoms. The van der Waals surface area contributed by atoms with E-state index in [1.807, 2.05) is 0 Å². The number of alkyl halides is 3. The van der Waals surface area contributed by atoms with Gasteiger partial charge in [0.15, 0.2) is 0 Å². The van der Waals surface area contributed by atoms with Gasteiger partial charge in [-0.2, -0.15) is 13.2 Å². The minimum Gasteiger partial charge on any atom is -0.324 e. The zero-order chi connectivity index (χ0) is 25.2. The van der Waals surface area contributed by atoms with Crippen molar-refractivity contribution in [3.8, 4) is 0 Å². The first-order valence-corrected chi connectivity index (χ1v) is 10.8. The summed E-state index contributed by atoms with van der Waals surface area (Å²) < 4.78 is 40.0. The van der Waals surface area contributed by atoms with E-state index in [2.05, 4.69) is 10.6 Å². The molecule has 1 aliphatic heterocycles. The Bertz CT molecular complexity index is 1110. The van der Waals surface area contributed by atoms with E-state index in [-0.39, 0.29) is 29.8 Å². The lowest BCUT2D eigenvalue weighted by molar-refractivity contribution is -0.137. The Hall–Kier alpha value is -3.11. The van der Waals surface area contributed by atoms with Crippen LogP contribution in [0.25, 0.3) is 0 Å². The molecule has 182 valence electrons. The number of hydrogen-bond donors (Lipinski definition) is 2. The quantitative estimate of drug-likeness (QED) is 0.643. The fourth-order valence-electron chi connectivity index (χ4n) is 3.69. The minimum atomic E-state index is -4.71. The molecule has 0 aromatic heterocycles. The summed E-state index contributed by atoms with van der Waals surface area (Å²) in [6, 6.07) is 8.59. The summed E-state index contributed by atoms with van der Waals surface area (Å²) in [6.45, 7) is 3.03. The van der Waals surface area contributed by atoms with E-state index in [1.165, 1.54) is 29.8 Å². The van der Waals surface area contributed by atoms with Crippen molar-refractivity contribution in [3.05, 3.63) is 53.1 Å². The van der Waals surface area contributed by atoms with E-state index >= 15 is 0 Å². The molecule has 2 aromatic rings. The SMILES string of the molecule is C[C@H](C(=O)Nc1ccc(Cl)cc1C(F)(F)F)N(C)CC(=O)N1c2ccccc2NC(=O)C[C@H]1C. The Morgan fingerprint density at radius 2 is 1.94 bits per heavy atom. The molecule has 7 nitrogen and oxygen atoms in total. The second-order valence-electron chi connectivity index (χ2n) is 8.15. The van der Waals surface area contributed by atoms with Gasteiger partial charge < -0.3 is 15.5 Å². The fourth-order valence-corrected chi connectivity index (χ4v) is 3.86. The van der Waals surface area contributed by atoms with E-state index < -0.39 is 35.4 Å². The van der Waals surface area contributed by atoms with Crippen LogP contribution in [0.2, 0.25) is 5.02 Å². The van der Waals surface area contributed by atoms with Crippen molar-refractivity contribution < 1.29 is 27.6 Å². The molecule has 1 heterocycles. The van der Waals surface area contributed by atoms with Crippen molar-refractivity contribution in [3.63, 3.8) is 0 Å². The van der Waals surface area contributed by atoms with Crippen LogP contribution >= 0.6 is 11.6 Å². The van der Waals surface area contributed by atoms with Crippen molar-refractivity contribution in [2.24, 2.45) is 0 Å². The fraction of sp³-hybridized carbons (Fsp3) is 0.348. The number of rotatable bonds is 5. The summed E-state index contributed by atoms with van der Waals surface area (Å²) in [4.78, 5) is 41.0. The molecule has 11 heteroatoms. The van der Waals surface area contributed by atoms with Gasteiger partial charge in [0.2, 0.25) is 17.7 Å². The van der Waals surface area contributed by atoms with Crippen LogP contribution in [0.4, 0.5) is 30.2 Å². The molecule has 0 unspecified atom stereocenters. The number of carbonyl (C=O) groups excluding carboxylic acids is 3. The number of benzene rings is 2. The van der Waals surface area contributed by atoms with Crippen molar-refractivity contribution in [1.82, 2.24) is 4.90 Å². The molecule has 3 amide bonds. The van der Waals surface area contributed by atoms with Gasteiger partial charge in [0.25, 0.3) is 0 Å². The van der Waals surface area contributed by atoms with E-state index in [9.17, 15) is 27.6 Å². The molecule has 2 atom stereocenters. The van der Waals surface area contributed by atoms with Gasteiger partial charge in [0, 0.05) is 17.5 Å². The third-order valence-electron chi connectivity index (χ3n) is 5.60. The van der Waals surface area contributed by atoms with Gasteiger partial charge in [-0.25, -0.2) is 0 Å². The first-order chi connectivity index (χ1) is 15.9. The second kappa shape index (κ2) is 10.0. The number of hydrogen-bond acceptors (Lipinski definition) is 4. The molecular formula is C23H24ClF3N4O3. The maximum Gasteiger partial charge on any atom is 0.418 e. The van der Waals surface area contributed by atoms with Crippen LogP contribution in [0.15, 0.2) is 42.5 Å². The van der Waals surface area contributed by atoms with Gasteiger partial charge in [0.05, 0.1) is 35.2 Å². The molecule has 0 saturated heterocycles. The van der Waals surface area contributed by atoms with Crippen molar-refractivity contribution >= 4 is 46.4 Å². The van der Waals surface area contributed by atoms with E-state index in [1.54, 1.807) is 31.2 Å². The van der Waals surface area contributed by atoms with Crippen LogP contribution < -0.4 is 15.5 Å². The first kappa shape index (κ1) is 25.5. The monoisotopic (exact) mass is 496 g/mol. The van der Waals surface area contributed by atoms with Gasteiger partial charge in [-0.05, 0) is 51.2 Å². The van der Waals surface area contributed by atoms with Gasteiger partial charge in [0.1, 0.15) is 0 Å². The summed E-state index contributed by atoms with van der Waals surface area (Å²) in [5, 5.41) is 4.94. The zero-order valence-corrected chi connectivity index (χ0v) is 19.5. The Balaban J connectivity index is 1.75. The molecule has 0 aliphatic carbocycles. The number of nitrogens with one attached hydrogen (secondary N) is 2. The summed E-state index contributed by atoms with van der Waals surface area (Å²) in [6.07, 6.45) is -4.61. The number of carbonyl (C=O) groups is 3. The molecule has 0 radical (unpaired) electrons. The maximum absolute atomic E-state index is 13.3. The second-order valence-corrected chi connectivity index (χ2v) is 8.59. The van der Waals surface area contributed by atoms with Crippen LogP contribution in [0.3, 0.4) is 0 Å². The smallest absolute Gasteiger partial charge is 0.324 e. The van der Waals surface area contributed by atoms with E-state index in [4.69, 9.17) is 11.6 Å². The highest BCUT2D eigenvalue weighted by atomic mass is 35.5. The van der Waals surface area contributed by atoms with Crippen LogP contribution in [-0.4, -0.2) is 48.3 Å². The largest absolute Gasteiger partial charge is 0.418 e. The molecular weight excluding hydrogens is 473 g/mol. The lowest BCUT2D eigenvalue weighted by Crippen LogP contribution is -2.48. The Labute approximate surface area is 199 Å². The third kappa shape index (κ3) is 5.68. The predicted molar refractivity (Wildman–Crippen MR) is 124 cm³/mol. The number of nitrogens with zero attached hydrogens (tertiary/aromatic N) is 2. The van der Waals surface area contributed by atoms with E-state index in [0.29, 0.717) is 11.4 Å². The van der Waals surface area contributed by atoms with Gasteiger partial charge >= 0.3 is 6.18 Å². The average Bonchev–Trinajstić information content (AvgIpc) is 2.87. The number of halogens is 4. The van der Waals surface area contributed by atoms with Crippen LogP contribution in [0.5, 0.6) is 0 Å². The van der Waals surface area contributed by atoms with Gasteiger partial charge in [-0.3, -0.25) is 19.3 Å². The molecule has 0 saturated carbocycles. The lowest BCUT2D eigenvalue weighted by atomic mass is 10.1. The highest BCUT2D eigenvalue weighted by Gasteiger charge is 2.35. The van der Waals surface area contributed by atoms with E-state index in [0.717, 1.165) is 12.1 Å². The number of likely N-dealkylation sites (N-methyl/N-ethyl adjacent to an activating group) is 1. The van der Waals surface area contributed by atoms with Crippen molar-refractivity contribution in [2.45, 2.75) is 38.5 Å². The summed E-state index contributed by atoms with van der Waals surface area (Å²) >= 11 is 5.68. The highest BCUT2D eigenvalue weighted by molar-refractivity contribution is 6.30. The number of anilines is 3. The molecule has 1 aliphatic rings. The predicted octanol–water partition coefficient (Wildman–Crippen LogP) is 4.38. The topological polar surface area (TPSA) is 81.8 Å². The van der Waals surface area contributed by atoms with Crippen molar-refractivity contribution in [1.29, 1.82) is 0 Å². The highest BCUT2D eigenvalue weighted by Crippen LogP contribution is 2.36. The van der Waals surface area contributed by atoms with Crippen LogP contribution in [0, 0.1) is 0 Å². The first-order valence-electron chi connectivity index (χ1n) is 10.5. The van der Waals surface area contributed by atoms with Gasteiger partial charge in [-0.1, -0.05) is 23.7 Å². The molecule has 3 rings (SSSR count). The number of fused-ring (bicyclic) bond motifs is 1. The van der Waals surface area contributed by atoms with Crippen LogP contribution in [0.1, 0.15) is 25.8 Å². The summed E-state index contributed by atoms with van der Waals surface area (Å²) in [7, 11) is 1.52. The maximum atomic E-state index is 13.3. The molecule has 0 fully saturated rings. The third-order valence-corrected chi connectivity index (χ3v) is 5.83. The summed E-state index contributed by atoms with van der Waals surface area (Å²) in [5.41, 5.74) is -0.451. The summed E-state index contributed by atoms with van der Waals surface area (Å²) in [5.74, 6) is -1.30. The normalized spacial score (nSPS) is 17.0. The standard InChI is InChI=1S/C23H24ClF3N4O3/c1-13-10-20(32)28-18-6-4-5-7-19(18)31(13)21(33)12-30(3)14(2)22(34)29-17-9-8-15(24)11-16(17)23(25,26)27/h4-9,11,13-14H,10,12H2,1-3H3,(H,28,32)(H,29,34)/t13-,14-/m1/s1. The minimum absolute atomic E-state index is 0.0942. The number of amides is 3. The zero-order valence-electron chi connectivity index (χ0n) is 18.7. The Morgan fingerprint density at radius 1 is 1.26 bits per heavy atom. The molecule has 2 N–H and O–H groups in total. The average molecular weight is 497 g/mol.